The van der Waals surface area contributed by atoms with Crippen LogP contribution < -0.4 is 15.9 Å². The first-order valence-corrected chi connectivity index (χ1v) is 11.5. The van der Waals surface area contributed by atoms with Gasteiger partial charge in [0, 0.05) is 50.1 Å². The highest BCUT2D eigenvalue weighted by atomic mass is 32.2. The van der Waals surface area contributed by atoms with Crippen molar-refractivity contribution in [2.24, 2.45) is 21.3 Å². The molecule has 5 N–H and O–H groups in total. The fraction of sp³-hybridized carbons (Fsp3) is 0.500. The molecule has 0 unspecified atom stereocenters. The van der Waals surface area contributed by atoms with Crippen LogP contribution in [-0.2, 0) is 23.0 Å². The summed E-state index contributed by atoms with van der Waals surface area (Å²) in [5.74, 6) is 6.25. The number of pyridine rings is 1. The van der Waals surface area contributed by atoms with Gasteiger partial charge in [0.25, 0.3) is 10.0 Å². The van der Waals surface area contributed by atoms with Crippen LogP contribution in [0.5, 0.6) is 0 Å². The molecule has 2 aromatic rings. The summed E-state index contributed by atoms with van der Waals surface area (Å²) in [4.78, 5) is 10.5. The van der Waals surface area contributed by atoms with Crippen molar-refractivity contribution in [2.75, 3.05) is 18.0 Å². The van der Waals surface area contributed by atoms with Gasteiger partial charge in [-0.1, -0.05) is 5.22 Å². The van der Waals surface area contributed by atoms with Crippen molar-refractivity contribution in [1.82, 2.24) is 14.5 Å². The Kier molecular flexibility index (Phi) is 5.52. The summed E-state index contributed by atoms with van der Waals surface area (Å²) >= 11 is 0. The van der Waals surface area contributed by atoms with E-state index in [1.54, 1.807) is 6.07 Å². The summed E-state index contributed by atoms with van der Waals surface area (Å²) in [6.45, 7) is 2.41. The molecule has 30 heavy (non-hydrogen) atoms. The molecule has 0 aliphatic carbocycles. The summed E-state index contributed by atoms with van der Waals surface area (Å²) in [7, 11) is -4.15. The molecule has 1 fully saturated rings. The number of rotatable bonds is 4. The Balaban J connectivity index is 1.61. The monoisotopic (exact) mass is 431 g/mol. The quantitative estimate of drug-likeness (QED) is 0.217. The summed E-state index contributed by atoms with van der Waals surface area (Å²) < 4.78 is 26.4. The summed E-state index contributed by atoms with van der Waals surface area (Å²) in [5, 5.41) is 19.7. The molecule has 0 amide bonds. The molecule has 2 aliphatic heterocycles. The Morgan fingerprint density at radius 2 is 1.97 bits per heavy atom. The van der Waals surface area contributed by atoms with Gasteiger partial charge < -0.3 is 15.3 Å². The van der Waals surface area contributed by atoms with Gasteiger partial charge in [-0.15, -0.1) is 5.11 Å². The maximum absolute atomic E-state index is 12.0. The summed E-state index contributed by atoms with van der Waals surface area (Å²) in [6, 6.07) is 1.67. The zero-order valence-electron chi connectivity index (χ0n) is 16.5. The van der Waals surface area contributed by atoms with Crippen LogP contribution in [-0.4, -0.2) is 41.9 Å². The van der Waals surface area contributed by atoms with Crippen molar-refractivity contribution < 1.29 is 8.42 Å². The van der Waals surface area contributed by atoms with E-state index in [2.05, 4.69) is 24.9 Å². The number of aryl methyl sites for hydroxylation is 1. The fourth-order valence-corrected chi connectivity index (χ4v) is 5.12. The van der Waals surface area contributed by atoms with E-state index in [0.29, 0.717) is 24.7 Å². The van der Waals surface area contributed by atoms with Crippen LogP contribution in [0.15, 0.2) is 33.8 Å². The lowest BCUT2D eigenvalue weighted by Gasteiger charge is -2.35. The van der Waals surface area contributed by atoms with Crippen LogP contribution in [0, 0.1) is 5.41 Å². The van der Waals surface area contributed by atoms with E-state index >= 15 is 0 Å². The lowest BCUT2D eigenvalue weighted by atomic mass is 9.92. The van der Waals surface area contributed by atoms with Crippen LogP contribution in [0.4, 0.5) is 5.69 Å². The topological polar surface area (TPSA) is 169 Å². The SMILES string of the molecule is N=C(N=NN)c1c(N2CCC(c3cnc4n3CCCC4)CC2)ccnc1S(N)(=O)=O. The van der Waals surface area contributed by atoms with Crippen molar-refractivity contribution in [3.8, 4) is 0 Å². The van der Waals surface area contributed by atoms with E-state index < -0.39 is 20.9 Å². The van der Waals surface area contributed by atoms with Gasteiger partial charge >= 0.3 is 0 Å². The van der Waals surface area contributed by atoms with Gasteiger partial charge in [0.15, 0.2) is 10.9 Å². The molecule has 0 radical (unpaired) electrons. The predicted octanol–water partition coefficient (Wildman–Crippen LogP) is 1.30. The molecule has 160 valence electrons. The molecular weight excluding hydrogens is 406 g/mol. The van der Waals surface area contributed by atoms with Gasteiger partial charge in [0.1, 0.15) is 5.82 Å². The summed E-state index contributed by atoms with van der Waals surface area (Å²) in [6.07, 6.45) is 8.59. The zero-order valence-corrected chi connectivity index (χ0v) is 17.3. The summed E-state index contributed by atoms with van der Waals surface area (Å²) in [5.41, 5.74) is 1.85. The maximum atomic E-state index is 12.0. The Labute approximate surface area is 174 Å². The van der Waals surface area contributed by atoms with Crippen LogP contribution >= 0.6 is 0 Å². The minimum atomic E-state index is -4.15. The van der Waals surface area contributed by atoms with E-state index in [1.807, 2.05) is 11.1 Å². The average Bonchev–Trinajstić information content (AvgIpc) is 3.17. The number of nitrogens with zero attached hydrogens (tertiary/aromatic N) is 6. The lowest BCUT2D eigenvalue weighted by Crippen LogP contribution is -2.35. The van der Waals surface area contributed by atoms with E-state index in [1.165, 1.54) is 30.6 Å². The lowest BCUT2D eigenvalue weighted by molar-refractivity contribution is 0.447. The smallest absolute Gasteiger partial charge is 0.256 e. The molecule has 0 saturated carbocycles. The molecular formula is C18H25N9O2S. The molecule has 12 heteroatoms. The highest BCUT2D eigenvalue weighted by Crippen LogP contribution is 2.34. The highest BCUT2D eigenvalue weighted by Gasteiger charge is 2.30. The minimum Gasteiger partial charge on any atom is -0.371 e. The minimum absolute atomic E-state index is 0.0226. The van der Waals surface area contributed by atoms with Crippen molar-refractivity contribution in [2.45, 2.75) is 49.6 Å². The number of hydrogen-bond donors (Lipinski definition) is 3. The van der Waals surface area contributed by atoms with Gasteiger partial charge in [-0.2, -0.15) is 0 Å². The number of fused-ring (bicyclic) bond motifs is 1. The second-order valence-corrected chi connectivity index (χ2v) is 9.07. The molecule has 4 heterocycles. The Morgan fingerprint density at radius 1 is 1.20 bits per heavy atom. The molecule has 2 aromatic heterocycles. The van der Waals surface area contributed by atoms with Crippen LogP contribution in [0.2, 0.25) is 0 Å². The number of hydrogen-bond acceptors (Lipinski definition) is 7. The molecule has 0 bridgehead atoms. The Bertz CT molecular complexity index is 1090. The van der Waals surface area contributed by atoms with Gasteiger partial charge in [-0.05, 0) is 31.7 Å². The van der Waals surface area contributed by atoms with Crippen molar-refractivity contribution in [3.05, 3.63) is 35.5 Å². The highest BCUT2D eigenvalue weighted by molar-refractivity contribution is 7.89. The molecule has 1 saturated heterocycles. The second kappa shape index (κ2) is 8.11. The standard InChI is InChI=1S/C18H25N9O2S/c19-17(24-25-20)16-13(4-7-22-18(16)30(21,28)29)26-9-5-12(6-10-26)14-11-23-15-3-1-2-8-27(14)15/h4,7,11-12H,1-3,5-6,8-10H2,(H3,19,20,24)(H2,21,28,29). The number of nitrogens with one attached hydrogen (secondary N) is 1. The number of piperidine rings is 1. The molecule has 4 rings (SSSR count). The van der Waals surface area contributed by atoms with Crippen molar-refractivity contribution in [1.29, 1.82) is 5.41 Å². The van der Waals surface area contributed by atoms with E-state index in [-0.39, 0.29) is 5.56 Å². The third kappa shape index (κ3) is 3.79. The first-order chi connectivity index (χ1) is 14.4. The number of amidine groups is 1. The molecule has 11 nitrogen and oxygen atoms in total. The van der Waals surface area contributed by atoms with Crippen LogP contribution in [0.3, 0.4) is 0 Å². The van der Waals surface area contributed by atoms with E-state index in [4.69, 9.17) is 16.4 Å². The van der Waals surface area contributed by atoms with Gasteiger partial charge in [-0.3, -0.25) is 5.41 Å². The van der Waals surface area contributed by atoms with Crippen molar-refractivity contribution in [3.63, 3.8) is 0 Å². The molecule has 0 atom stereocenters. The number of nitrogens with two attached hydrogens (primary N) is 2. The third-order valence-corrected chi connectivity index (χ3v) is 6.66. The molecule has 2 aliphatic rings. The second-order valence-electron chi connectivity index (χ2n) is 7.59. The van der Waals surface area contributed by atoms with Crippen LogP contribution in [0.1, 0.15) is 48.7 Å². The number of sulfonamides is 1. The molecule has 0 spiro atoms. The van der Waals surface area contributed by atoms with Gasteiger partial charge in [0.2, 0.25) is 0 Å². The van der Waals surface area contributed by atoms with Crippen LogP contribution in [0.25, 0.3) is 0 Å². The Hall–Kier alpha value is -2.86. The number of aromatic nitrogens is 3. The first kappa shape index (κ1) is 20.4. The van der Waals surface area contributed by atoms with E-state index in [9.17, 15) is 8.42 Å². The number of anilines is 1. The fourth-order valence-electron chi connectivity index (χ4n) is 4.42. The third-order valence-electron chi connectivity index (χ3n) is 5.81. The molecule has 0 aromatic carbocycles. The largest absolute Gasteiger partial charge is 0.371 e. The predicted molar refractivity (Wildman–Crippen MR) is 111 cm³/mol. The van der Waals surface area contributed by atoms with Gasteiger partial charge in [-0.25, -0.2) is 23.5 Å². The van der Waals surface area contributed by atoms with Gasteiger partial charge in [0.05, 0.1) is 11.3 Å². The Morgan fingerprint density at radius 3 is 2.67 bits per heavy atom. The average molecular weight is 432 g/mol. The van der Waals surface area contributed by atoms with Crippen molar-refractivity contribution >= 4 is 21.5 Å². The number of primary sulfonamides is 1. The van der Waals surface area contributed by atoms with E-state index in [0.717, 1.165) is 25.8 Å². The maximum Gasteiger partial charge on any atom is 0.256 e. The zero-order chi connectivity index (χ0) is 21.3. The first-order valence-electron chi connectivity index (χ1n) is 9.91. The normalized spacial score (nSPS) is 18.0. The number of imidazole rings is 1.